The van der Waals surface area contributed by atoms with Gasteiger partial charge in [0.25, 0.3) is 0 Å². The third kappa shape index (κ3) is 3.99. The maximum Gasteiger partial charge on any atom is 0.332 e. The molecule has 0 aliphatic carbocycles. The van der Waals surface area contributed by atoms with Gasteiger partial charge in [-0.3, -0.25) is 0 Å². The van der Waals surface area contributed by atoms with E-state index in [2.05, 4.69) is 31.1 Å². The molecule has 4 atom stereocenters. The van der Waals surface area contributed by atoms with Crippen LogP contribution in [0.4, 0.5) is 4.79 Å². The van der Waals surface area contributed by atoms with Crippen LogP contribution >= 0.6 is 11.8 Å². The van der Waals surface area contributed by atoms with E-state index in [1.807, 2.05) is 0 Å². The van der Waals surface area contributed by atoms with Crippen LogP contribution < -0.4 is 10.6 Å². The average Bonchev–Trinajstić information content (AvgIpc) is 2.97. The number of hydrogen-bond acceptors (Lipinski definition) is 4. The molecule has 0 aromatic heterocycles. The van der Waals surface area contributed by atoms with E-state index in [4.69, 9.17) is 10.6 Å². The van der Waals surface area contributed by atoms with E-state index in [0.29, 0.717) is 12.8 Å². The van der Waals surface area contributed by atoms with Crippen LogP contribution in [0.2, 0.25) is 0 Å². The Hall–Kier alpha value is -2.00. The lowest BCUT2D eigenvalue weighted by Gasteiger charge is -2.16. The molecule has 1 unspecified atom stereocenters. The number of fused-ring (bicyclic) bond motifs is 1. The minimum absolute atomic E-state index is 0.107. The molecule has 2 aliphatic heterocycles. The molecule has 0 radical (unpaired) electrons. The highest BCUT2D eigenvalue weighted by atomic mass is 32.2. The van der Waals surface area contributed by atoms with Crippen molar-refractivity contribution < 1.29 is 14.7 Å². The fraction of sp³-hybridized carbons (Fsp3) is 0.800. The monoisotopic (exact) mass is 313 g/mol. The zero-order valence-electron chi connectivity index (χ0n) is 11.0. The number of amides is 2. The Morgan fingerprint density at radius 1 is 1.57 bits per heavy atom. The van der Waals surface area contributed by atoms with Crippen molar-refractivity contribution in [3.05, 3.63) is 10.4 Å². The van der Waals surface area contributed by atoms with Gasteiger partial charge in [0, 0.05) is 11.0 Å². The summed E-state index contributed by atoms with van der Waals surface area (Å²) in [4.78, 5) is 24.6. The van der Waals surface area contributed by atoms with Crippen LogP contribution in [0.25, 0.3) is 10.4 Å². The number of thioether (sulfide) groups is 1. The fourth-order valence-corrected chi connectivity index (χ4v) is 4.03. The van der Waals surface area contributed by atoms with E-state index in [0.717, 1.165) is 12.2 Å². The maximum absolute atomic E-state index is 11.2. The number of carboxylic acid groups (broad SMARTS) is 1. The largest absolute Gasteiger partial charge is 0.480 e. The summed E-state index contributed by atoms with van der Waals surface area (Å²) in [5.74, 6) is -0.229. The van der Waals surface area contributed by atoms with Crippen molar-refractivity contribution in [2.75, 3.05) is 5.75 Å². The normalized spacial score (nSPS) is 28.6. The molecule has 0 aromatic rings. The van der Waals surface area contributed by atoms with Crippen LogP contribution in [0.5, 0.6) is 0 Å². The van der Waals surface area contributed by atoms with Crippen LogP contribution in [0, 0.1) is 0 Å². The van der Waals surface area contributed by atoms with Gasteiger partial charge in [-0.25, -0.2) is 9.59 Å². The first-order chi connectivity index (χ1) is 10.1. The highest BCUT2D eigenvalue weighted by Crippen LogP contribution is 2.33. The summed E-state index contributed by atoms with van der Waals surface area (Å²) in [5.41, 5.74) is 8.06. The molecule has 2 amide bonds. The quantitative estimate of drug-likeness (QED) is 0.214. The van der Waals surface area contributed by atoms with Gasteiger partial charge in [0.2, 0.25) is 0 Å². The van der Waals surface area contributed by atoms with Crippen LogP contribution in [-0.4, -0.2) is 46.2 Å². The Labute approximate surface area is 124 Å². The number of carbonyl (C=O) groups is 2. The molecule has 2 fully saturated rings. The summed E-state index contributed by atoms with van der Waals surface area (Å²) in [5, 5.41) is 24.4. The minimum Gasteiger partial charge on any atom is -0.480 e. The number of nitrogens with one attached hydrogen (secondary N) is 2. The summed E-state index contributed by atoms with van der Waals surface area (Å²) in [6.45, 7) is 0. The van der Waals surface area contributed by atoms with Gasteiger partial charge >= 0.3 is 12.0 Å². The zero-order chi connectivity index (χ0) is 15.2. The second-order valence-corrected chi connectivity index (χ2v) is 6.06. The first-order valence-corrected chi connectivity index (χ1v) is 7.52. The van der Waals surface area contributed by atoms with Crippen molar-refractivity contribution in [2.24, 2.45) is 15.6 Å². The molecule has 2 heterocycles. The summed E-state index contributed by atoms with van der Waals surface area (Å²) in [7, 11) is 0. The fourth-order valence-electron chi connectivity index (χ4n) is 2.49. The van der Waals surface area contributed by atoms with Gasteiger partial charge in [0.1, 0.15) is 0 Å². The number of rotatable bonds is 7. The lowest BCUT2D eigenvalue weighted by molar-refractivity contribution is -0.138. The topological polar surface area (TPSA) is 152 Å². The van der Waals surface area contributed by atoms with Gasteiger partial charge in [-0.2, -0.15) is 16.7 Å². The second-order valence-electron chi connectivity index (χ2n) is 4.79. The summed E-state index contributed by atoms with van der Waals surface area (Å²) >= 11 is 1.77. The van der Waals surface area contributed by atoms with Crippen LogP contribution in [0.3, 0.4) is 0 Å². The Bertz CT molecular complexity index is 493. The standard InChI is InChI=1S/C10H15N7O3S/c11-15-17-16-14-5(9(18)19)2-1-3-7-8-6(4-21-7)12-10(20)13-8/h5-8H,1-4H2,(H,18,19)(H2,12,13,20)/t5?,6-,7-,8-/m0/s1. The molecule has 2 aliphatic rings. The number of hydrogen-bond donors (Lipinski definition) is 3. The minimum atomic E-state index is -1.10. The molecule has 11 heteroatoms. The molecule has 0 saturated carbocycles. The lowest BCUT2D eigenvalue weighted by atomic mass is 10.0. The van der Waals surface area contributed by atoms with E-state index >= 15 is 0 Å². The maximum atomic E-state index is 11.2. The SMILES string of the molecule is [N-]=[N+]=NN=NC(CCC[C@@H]1SC[C@@H]2NC(=O)N[C@@H]21)C(=O)O. The van der Waals surface area contributed by atoms with Gasteiger partial charge in [-0.1, -0.05) is 5.11 Å². The molecule has 2 saturated heterocycles. The molecule has 0 aromatic carbocycles. The van der Waals surface area contributed by atoms with E-state index in [9.17, 15) is 9.59 Å². The van der Waals surface area contributed by atoms with Crippen LogP contribution in [0.1, 0.15) is 19.3 Å². The van der Waals surface area contributed by atoms with E-state index < -0.39 is 12.0 Å². The average molecular weight is 313 g/mol. The van der Waals surface area contributed by atoms with Gasteiger partial charge in [-0.05, 0) is 19.3 Å². The van der Waals surface area contributed by atoms with Gasteiger partial charge in [-0.15, -0.1) is 5.53 Å². The summed E-state index contributed by atoms with van der Waals surface area (Å²) < 4.78 is 0. The number of aliphatic carboxylic acids is 1. The molecule has 3 N–H and O–H groups in total. The van der Waals surface area contributed by atoms with Crippen molar-refractivity contribution in [1.82, 2.24) is 10.6 Å². The summed E-state index contributed by atoms with van der Waals surface area (Å²) in [6, 6.07) is -0.876. The highest BCUT2D eigenvalue weighted by Gasteiger charge is 2.42. The van der Waals surface area contributed by atoms with E-state index in [1.165, 1.54) is 0 Å². The predicted octanol–water partition coefficient (Wildman–Crippen LogP) is 1.45. The number of azide groups is 1. The Morgan fingerprint density at radius 2 is 2.38 bits per heavy atom. The smallest absolute Gasteiger partial charge is 0.332 e. The molecule has 2 rings (SSSR count). The molecule has 114 valence electrons. The zero-order valence-corrected chi connectivity index (χ0v) is 11.9. The predicted molar refractivity (Wildman–Crippen MR) is 74.8 cm³/mol. The number of urea groups is 1. The van der Waals surface area contributed by atoms with Crippen LogP contribution in [0.15, 0.2) is 15.6 Å². The van der Waals surface area contributed by atoms with Gasteiger partial charge in [0.05, 0.1) is 22.5 Å². The molecular formula is C10H15N7O3S. The molecular weight excluding hydrogens is 298 g/mol. The van der Waals surface area contributed by atoms with Gasteiger partial charge < -0.3 is 15.7 Å². The first kappa shape index (κ1) is 15.4. The Balaban J connectivity index is 1.78. The van der Waals surface area contributed by atoms with Crippen molar-refractivity contribution in [3.63, 3.8) is 0 Å². The van der Waals surface area contributed by atoms with Crippen molar-refractivity contribution >= 4 is 23.8 Å². The molecule has 10 nitrogen and oxygen atoms in total. The highest BCUT2D eigenvalue weighted by molar-refractivity contribution is 8.00. The van der Waals surface area contributed by atoms with Crippen molar-refractivity contribution in [1.29, 1.82) is 0 Å². The molecule has 0 spiro atoms. The number of carboxylic acids is 1. The van der Waals surface area contributed by atoms with Crippen molar-refractivity contribution in [3.8, 4) is 0 Å². The molecule has 0 bridgehead atoms. The van der Waals surface area contributed by atoms with E-state index in [1.54, 1.807) is 11.8 Å². The summed E-state index contributed by atoms with van der Waals surface area (Å²) in [6.07, 6.45) is 1.74. The Kier molecular flexibility index (Phi) is 5.23. The lowest BCUT2D eigenvalue weighted by Crippen LogP contribution is -2.36. The van der Waals surface area contributed by atoms with Gasteiger partial charge in [0.15, 0.2) is 6.04 Å². The van der Waals surface area contributed by atoms with E-state index in [-0.39, 0.29) is 23.4 Å². The van der Waals surface area contributed by atoms with Crippen LogP contribution in [-0.2, 0) is 4.79 Å². The Morgan fingerprint density at radius 3 is 3.10 bits per heavy atom. The third-order valence-electron chi connectivity index (χ3n) is 3.46. The number of carbonyl (C=O) groups excluding carboxylic acids is 1. The molecule has 21 heavy (non-hydrogen) atoms. The second kappa shape index (κ2) is 7.14. The number of nitrogens with zero attached hydrogens (tertiary/aromatic N) is 5. The van der Waals surface area contributed by atoms with Crippen molar-refractivity contribution in [2.45, 2.75) is 42.6 Å². The first-order valence-electron chi connectivity index (χ1n) is 6.47. The third-order valence-corrected chi connectivity index (χ3v) is 4.97.